The van der Waals surface area contributed by atoms with Crippen LogP contribution in [0.15, 0.2) is 58.1 Å². The highest BCUT2D eigenvalue weighted by atomic mass is 35.5. The number of rotatable bonds is 3. The number of halogens is 1. The quantitative estimate of drug-likeness (QED) is 0.641. The van der Waals surface area contributed by atoms with E-state index in [1.807, 2.05) is 55.5 Å². The van der Waals surface area contributed by atoms with E-state index in [1.54, 1.807) is 0 Å². The van der Waals surface area contributed by atoms with Crippen molar-refractivity contribution in [3.05, 3.63) is 91.1 Å². The summed E-state index contributed by atoms with van der Waals surface area (Å²) >= 11 is 6.27. The number of aromatic nitrogens is 2. The molecular weight excluding hydrogens is 364 g/mol. The molecule has 0 radical (unpaired) electrons. The molecule has 0 aliphatic carbocycles. The SMILES string of the molecule is Cc1ccc(-n2c3c(c(=O)[nH]c2=O)C[NH+](Cc2ccccc2Cl)CN3)cc1. The van der Waals surface area contributed by atoms with Crippen molar-refractivity contribution in [3.8, 4) is 5.69 Å². The van der Waals surface area contributed by atoms with E-state index in [0.717, 1.165) is 21.7 Å². The Morgan fingerprint density at radius 3 is 2.59 bits per heavy atom. The van der Waals surface area contributed by atoms with Gasteiger partial charge in [0, 0.05) is 10.6 Å². The van der Waals surface area contributed by atoms with E-state index in [4.69, 9.17) is 11.6 Å². The maximum absolute atomic E-state index is 12.5. The molecule has 2 aromatic carbocycles. The Hall–Kier alpha value is -2.83. The summed E-state index contributed by atoms with van der Waals surface area (Å²) in [5.74, 6) is 0.565. The molecule has 1 aliphatic heterocycles. The van der Waals surface area contributed by atoms with Crippen LogP contribution in [0.2, 0.25) is 5.02 Å². The van der Waals surface area contributed by atoms with Crippen LogP contribution in [-0.4, -0.2) is 16.2 Å². The molecule has 4 rings (SSSR count). The standard InChI is InChI=1S/C20H19ClN4O2/c1-13-6-8-15(9-7-13)25-18-16(19(26)23-20(25)27)11-24(12-22-18)10-14-4-2-3-5-17(14)21/h2-9,22H,10-12H2,1H3,(H,23,26,27)/p+1. The topological polar surface area (TPSA) is 71.3 Å². The highest BCUT2D eigenvalue weighted by Gasteiger charge is 2.26. The third-order valence-corrected chi connectivity index (χ3v) is 5.20. The molecule has 1 aliphatic rings. The number of nitrogens with one attached hydrogen (secondary N) is 3. The molecule has 2 heterocycles. The van der Waals surface area contributed by atoms with Crippen LogP contribution >= 0.6 is 11.6 Å². The van der Waals surface area contributed by atoms with Gasteiger partial charge in [0.05, 0.1) is 5.69 Å². The van der Waals surface area contributed by atoms with Crippen molar-refractivity contribution < 1.29 is 4.90 Å². The minimum absolute atomic E-state index is 0.345. The third-order valence-electron chi connectivity index (χ3n) is 4.83. The van der Waals surface area contributed by atoms with Crippen LogP contribution in [-0.2, 0) is 13.1 Å². The maximum atomic E-state index is 12.5. The molecule has 1 aromatic heterocycles. The van der Waals surface area contributed by atoms with Gasteiger partial charge in [0.2, 0.25) is 0 Å². The molecule has 27 heavy (non-hydrogen) atoms. The second-order valence-corrected chi connectivity index (χ2v) is 7.21. The molecule has 0 spiro atoms. The van der Waals surface area contributed by atoms with Crippen molar-refractivity contribution in [1.82, 2.24) is 9.55 Å². The lowest BCUT2D eigenvalue weighted by atomic mass is 10.1. The maximum Gasteiger partial charge on any atom is 0.334 e. The highest BCUT2D eigenvalue weighted by molar-refractivity contribution is 6.31. The Bertz CT molecular complexity index is 1100. The summed E-state index contributed by atoms with van der Waals surface area (Å²) in [5, 5.41) is 4.00. The van der Waals surface area contributed by atoms with Crippen LogP contribution in [0.4, 0.5) is 5.82 Å². The van der Waals surface area contributed by atoms with Gasteiger partial charge in [-0.3, -0.25) is 9.78 Å². The summed E-state index contributed by atoms with van der Waals surface area (Å²) in [6, 6.07) is 15.3. The Labute approximate surface area is 161 Å². The predicted octanol–water partition coefficient (Wildman–Crippen LogP) is 1.46. The molecule has 3 aromatic rings. The van der Waals surface area contributed by atoms with Crippen molar-refractivity contribution >= 4 is 17.4 Å². The van der Waals surface area contributed by atoms with Crippen LogP contribution < -0.4 is 21.5 Å². The normalized spacial score (nSPS) is 15.9. The number of hydrogen-bond donors (Lipinski definition) is 3. The van der Waals surface area contributed by atoms with Crippen molar-refractivity contribution in [2.75, 3.05) is 12.0 Å². The number of hydrogen-bond acceptors (Lipinski definition) is 3. The lowest BCUT2D eigenvalue weighted by molar-refractivity contribution is -0.926. The van der Waals surface area contributed by atoms with E-state index in [-0.39, 0.29) is 5.56 Å². The molecule has 6 nitrogen and oxygen atoms in total. The summed E-state index contributed by atoms with van der Waals surface area (Å²) in [4.78, 5) is 28.5. The van der Waals surface area contributed by atoms with Crippen LogP contribution in [0.25, 0.3) is 5.69 Å². The zero-order valence-electron chi connectivity index (χ0n) is 14.9. The number of aryl methyl sites for hydroxylation is 1. The molecule has 0 bridgehead atoms. The third kappa shape index (κ3) is 3.41. The molecule has 0 saturated heterocycles. The number of anilines is 1. The summed E-state index contributed by atoms with van der Waals surface area (Å²) in [6.45, 7) is 3.78. The van der Waals surface area contributed by atoms with Gasteiger partial charge in [-0.05, 0) is 25.1 Å². The summed E-state index contributed by atoms with van der Waals surface area (Å²) < 4.78 is 1.53. The number of fused-ring (bicyclic) bond motifs is 1. The molecule has 1 unspecified atom stereocenters. The largest absolute Gasteiger partial charge is 0.334 e. The summed E-state index contributed by atoms with van der Waals surface area (Å²) in [7, 11) is 0. The van der Waals surface area contributed by atoms with E-state index in [9.17, 15) is 9.59 Å². The van der Waals surface area contributed by atoms with Gasteiger partial charge in [-0.2, -0.15) is 0 Å². The first-order chi connectivity index (χ1) is 13.0. The minimum atomic E-state index is -0.440. The molecule has 1 atom stereocenters. The van der Waals surface area contributed by atoms with Crippen LogP contribution in [0, 0.1) is 6.92 Å². The van der Waals surface area contributed by atoms with Crippen molar-refractivity contribution in [2.45, 2.75) is 20.0 Å². The van der Waals surface area contributed by atoms with Crippen molar-refractivity contribution in [2.24, 2.45) is 0 Å². The number of benzene rings is 2. The van der Waals surface area contributed by atoms with E-state index < -0.39 is 5.69 Å². The Kier molecular flexibility index (Phi) is 4.59. The molecule has 0 fully saturated rings. The Morgan fingerprint density at radius 1 is 1.11 bits per heavy atom. The number of aromatic amines is 1. The van der Waals surface area contributed by atoms with Gasteiger partial charge in [-0.15, -0.1) is 0 Å². The molecule has 3 N–H and O–H groups in total. The highest BCUT2D eigenvalue weighted by Crippen LogP contribution is 2.18. The average Bonchev–Trinajstić information content (AvgIpc) is 2.65. The fourth-order valence-corrected chi connectivity index (χ4v) is 3.62. The molecular formula is C20H20ClN4O2+. The number of quaternary nitrogens is 1. The van der Waals surface area contributed by atoms with Crippen molar-refractivity contribution in [1.29, 1.82) is 0 Å². The smallest absolute Gasteiger partial charge is 0.324 e. The van der Waals surface area contributed by atoms with Gasteiger partial charge >= 0.3 is 5.69 Å². The lowest BCUT2D eigenvalue weighted by Crippen LogP contribution is -3.11. The second kappa shape index (κ2) is 7.06. The summed E-state index contributed by atoms with van der Waals surface area (Å²) in [6.07, 6.45) is 0. The number of H-pyrrole nitrogens is 1. The van der Waals surface area contributed by atoms with Crippen molar-refractivity contribution in [3.63, 3.8) is 0 Å². The monoisotopic (exact) mass is 383 g/mol. The van der Waals surface area contributed by atoms with E-state index in [0.29, 0.717) is 36.2 Å². The van der Waals surface area contributed by atoms with Gasteiger partial charge in [-0.25, -0.2) is 9.36 Å². The van der Waals surface area contributed by atoms with Gasteiger partial charge in [-0.1, -0.05) is 47.5 Å². The predicted molar refractivity (Wildman–Crippen MR) is 106 cm³/mol. The molecule has 0 amide bonds. The first-order valence-corrected chi connectivity index (χ1v) is 9.17. The fourth-order valence-electron chi connectivity index (χ4n) is 3.42. The molecule has 0 saturated carbocycles. The first kappa shape index (κ1) is 17.6. The first-order valence-electron chi connectivity index (χ1n) is 8.79. The van der Waals surface area contributed by atoms with Gasteiger partial charge in [0.15, 0.2) is 6.67 Å². The van der Waals surface area contributed by atoms with Crippen LogP contribution in [0.1, 0.15) is 16.7 Å². The fraction of sp³-hybridized carbons (Fsp3) is 0.200. The van der Waals surface area contributed by atoms with E-state index in [1.165, 1.54) is 4.57 Å². The Balaban J connectivity index is 1.71. The summed E-state index contributed by atoms with van der Waals surface area (Å²) in [5.41, 5.74) is 2.65. The molecule has 138 valence electrons. The zero-order chi connectivity index (χ0) is 19.0. The van der Waals surface area contributed by atoms with E-state index >= 15 is 0 Å². The molecule has 7 heteroatoms. The van der Waals surface area contributed by atoms with Crippen LogP contribution in [0.3, 0.4) is 0 Å². The van der Waals surface area contributed by atoms with Gasteiger partial charge < -0.3 is 10.2 Å². The van der Waals surface area contributed by atoms with Gasteiger partial charge in [0.1, 0.15) is 24.5 Å². The van der Waals surface area contributed by atoms with E-state index in [2.05, 4.69) is 10.3 Å². The second-order valence-electron chi connectivity index (χ2n) is 6.81. The van der Waals surface area contributed by atoms with Crippen LogP contribution in [0.5, 0.6) is 0 Å². The minimum Gasteiger partial charge on any atom is -0.324 e. The zero-order valence-corrected chi connectivity index (χ0v) is 15.6. The Morgan fingerprint density at radius 2 is 1.85 bits per heavy atom. The lowest BCUT2D eigenvalue weighted by Gasteiger charge is -2.28. The number of nitrogens with zero attached hydrogens (tertiary/aromatic N) is 1. The van der Waals surface area contributed by atoms with Gasteiger partial charge in [0.25, 0.3) is 5.56 Å². The average molecular weight is 384 g/mol.